The van der Waals surface area contributed by atoms with Gasteiger partial charge in [0.05, 0.1) is 5.69 Å². The van der Waals surface area contributed by atoms with E-state index < -0.39 is 0 Å². The second kappa shape index (κ2) is 2.47. The SMILES string of the molecule is NN1CCc2ccc(P)cc21. The van der Waals surface area contributed by atoms with Crippen molar-refractivity contribution in [3.63, 3.8) is 0 Å². The van der Waals surface area contributed by atoms with Gasteiger partial charge in [0.15, 0.2) is 0 Å². The molecule has 1 aromatic carbocycles. The quantitative estimate of drug-likeness (QED) is 0.447. The van der Waals surface area contributed by atoms with E-state index in [0.717, 1.165) is 13.0 Å². The molecule has 58 valence electrons. The zero-order chi connectivity index (χ0) is 7.84. The van der Waals surface area contributed by atoms with E-state index in [0.29, 0.717) is 0 Å². The summed E-state index contributed by atoms with van der Waals surface area (Å²) in [6, 6.07) is 6.35. The maximum atomic E-state index is 5.74. The highest BCUT2D eigenvalue weighted by Gasteiger charge is 2.14. The van der Waals surface area contributed by atoms with Crippen LogP contribution in [0, 0.1) is 0 Å². The number of fused-ring (bicyclic) bond motifs is 1. The smallest absolute Gasteiger partial charge is 0.0556 e. The first-order chi connectivity index (χ1) is 5.27. The van der Waals surface area contributed by atoms with Crippen LogP contribution >= 0.6 is 9.24 Å². The van der Waals surface area contributed by atoms with Gasteiger partial charge in [-0.05, 0) is 23.4 Å². The van der Waals surface area contributed by atoms with Gasteiger partial charge in [0.2, 0.25) is 0 Å². The van der Waals surface area contributed by atoms with Crippen molar-refractivity contribution in [2.75, 3.05) is 11.6 Å². The first-order valence-electron chi connectivity index (χ1n) is 3.68. The average molecular weight is 166 g/mol. The Labute approximate surface area is 68.6 Å². The Hall–Kier alpha value is -0.590. The molecule has 0 radical (unpaired) electrons. The molecular weight excluding hydrogens is 155 g/mol. The lowest BCUT2D eigenvalue weighted by atomic mass is 10.2. The third-order valence-electron chi connectivity index (χ3n) is 2.04. The number of nitrogens with zero attached hydrogens (tertiary/aromatic N) is 1. The van der Waals surface area contributed by atoms with Crippen molar-refractivity contribution in [3.05, 3.63) is 23.8 Å². The van der Waals surface area contributed by atoms with Crippen molar-refractivity contribution < 1.29 is 0 Å². The van der Waals surface area contributed by atoms with E-state index in [9.17, 15) is 0 Å². The summed E-state index contributed by atoms with van der Waals surface area (Å²) in [7, 11) is 2.68. The third kappa shape index (κ3) is 1.13. The molecule has 3 heteroatoms. The summed E-state index contributed by atoms with van der Waals surface area (Å²) in [6.45, 7) is 0.948. The van der Waals surface area contributed by atoms with Crippen molar-refractivity contribution >= 4 is 20.2 Å². The minimum absolute atomic E-state index is 0.948. The van der Waals surface area contributed by atoms with Crippen molar-refractivity contribution in [2.45, 2.75) is 6.42 Å². The first-order valence-corrected chi connectivity index (χ1v) is 4.26. The van der Waals surface area contributed by atoms with Gasteiger partial charge < -0.3 is 5.01 Å². The summed E-state index contributed by atoms with van der Waals surface area (Å²) in [5.41, 5.74) is 2.54. The van der Waals surface area contributed by atoms with Gasteiger partial charge in [0.1, 0.15) is 0 Å². The number of hydrogen-bond acceptors (Lipinski definition) is 2. The minimum Gasteiger partial charge on any atom is -0.310 e. The molecule has 2 rings (SSSR count). The molecule has 0 saturated carbocycles. The maximum Gasteiger partial charge on any atom is 0.0556 e. The van der Waals surface area contributed by atoms with Crippen molar-refractivity contribution in [1.82, 2.24) is 0 Å². The monoisotopic (exact) mass is 166 g/mol. The molecule has 0 aliphatic carbocycles. The lowest BCUT2D eigenvalue weighted by Crippen LogP contribution is -2.28. The molecule has 0 spiro atoms. The Kier molecular flexibility index (Phi) is 1.59. The standard InChI is InChI=1S/C8H11N2P/c9-10-4-3-6-1-2-7(11)5-8(6)10/h1-2,5H,3-4,9,11H2. The van der Waals surface area contributed by atoms with Crippen LogP contribution in [0.2, 0.25) is 0 Å². The Bertz CT molecular complexity index is 285. The van der Waals surface area contributed by atoms with Crippen LogP contribution < -0.4 is 16.2 Å². The molecule has 0 bridgehead atoms. The largest absolute Gasteiger partial charge is 0.310 e. The molecule has 1 aromatic rings. The van der Waals surface area contributed by atoms with Crippen LogP contribution in [0.4, 0.5) is 5.69 Å². The van der Waals surface area contributed by atoms with E-state index in [4.69, 9.17) is 5.84 Å². The molecular formula is C8H11N2P. The molecule has 1 unspecified atom stereocenters. The Morgan fingerprint density at radius 3 is 3.09 bits per heavy atom. The molecule has 1 atom stereocenters. The van der Waals surface area contributed by atoms with Crippen LogP contribution in [0.25, 0.3) is 0 Å². The number of benzene rings is 1. The summed E-state index contributed by atoms with van der Waals surface area (Å²) < 4.78 is 0. The summed E-state index contributed by atoms with van der Waals surface area (Å²) in [6.07, 6.45) is 1.08. The number of hydrazine groups is 1. The fraction of sp³-hybridized carbons (Fsp3) is 0.250. The topological polar surface area (TPSA) is 29.3 Å². The predicted molar refractivity (Wildman–Crippen MR) is 51.0 cm³/mol. The fourth-order valence-corrected chi connectivity index (χ4v) is 1.68. The fourth-order valence-electron chi connectivity index (χ4n) is 1.42. The summed E-state index contributed by atoms with van der Waals surface area (Å²) in [4.78, 5) is 0. The highest BCUT2D eigenvalue weighted by Crippen LogP contribution is 2.23. The first kappa shape index (κ1) is 7.08. The molecule has 0 fully saturated rings. The van der Waals surface area contributed by atoms with Gasteiger partial charge in [0.25, 0.3) is 0 Å². The Morgan fingerprint density at radius 1 is 1.45 bits per heavy atom. The number of anilines is 1. The zero-order valence-corrected chi connectivity index (χ0v) is 7.40. The lowest BCUT2D eigenvalue weighted by Gasteiger charge is -2.11. The molecule has 0 amide bonds. The number of rotatable bonds is 0. The lowest BCUT2D eigenvalue weighted by molar-refractivity contribution is 0.892. The summed E-state index contributed by atoms with van der Waals surface area (Å²) >= 11 is 0. The Morgan fingerprint density at radius 2 is 2.27 bits per heavy atom. The van der Waals surface area contributed by atoms with Gasteiger partial charge in [-0.1, -0.05) is 12.1 Å². The van der Waals surface area contributed by atoms with Gasteiger partial charge in [-0.3, -0.25) is 0 Å². The highest BCUT2D eigenvalue weighted by molar-refractivity contribution is 7.27. The third-order valence-corrected chi connectivity index (χ3v) is 2.40. The molecule has 11 heavy (non-hydrogen) atoms. The molecule has 1 aliphatic rings. The van der Waals surface area contributed by atoms with Gasteiger partial charge in [-0.15, -0.1) is 9.24 Å². The van der Waals surface area contributed by atoms with Gasteiger partial charge in [0, 0.05) is 6.54 Å². The van der Waals surface area contributed by atoms with Crippen LogP contribution in [0.1, 0.15) is 5.56 Å². The van der Waals surface area contributed by atoms with E-state index in [1.165, 1.54) is 16.6 Å². The molecule has 1 aliphatic heterocycles. The summed E-state index contributed by atoms with van der Waals surface area (Å²) in [5.74, 6) is 5.74. The van der Waals surface area contributed by atoms with E-state index in [2.05, 4.69) is 27.4 Å². The van der Waals surface area contributed by atoms with E-state index in [-0.39, 0.29) is 0 Å². The normalized spacial score (nSPS) is 15.3. The van der Waals surface area contributed by atoms with Crippen LogP contribution in [0.5, 0.6) is 0 Å². The van der Waals surface area contributed by atoms with Crippen molar-refractivity contribution in [1.29, 1.82) is 0 Å². The van der Waals surface area contributed by atoms with E-state index in [1.807, 2.05) is 5.01 Å². The van der Waals surface area contributed by atoms with Crippen molar-refractivity contribution in [2.24, 2.45) is 5.84 Å². The van der Waals surface area contributed by atoms with Gasteiger partial charge >= 0.3 is 0 Å². The molecule has 2 N–H and O–H groups in total. The van der Waals surface area contributed by atoms with Crippen LogP contribution in [0.15, 0.2) is 18.2 Å². The number of hydrogen-bond donors (Lipinski definition) is 1. The van der Waals surface area contributed by atoms with Gasteiger partial charge in [-0.2, -0.15) is 0 Å². The highest BCUT2D eigenvalue weighted by atomic mass is 31.0. The van der Waals surface area contributed by atoms with E-state index >= 15 is 0 Å². The number of nitrogens with two attached hydrogens (primary N) is 1. The van der Waals surface area contributed by atoms with Crippen LogP contribution in [-0.2, 0) is 6.42 Å². The van der Waals surface area contributed by atoms with Crippen LogP contribution in [-0.4, -0.2) is 6.54 Å². The summed E-state index contributed by atoms with van der Waals surface area (Å²) in [5, 5.41) is 3.00. The zero-order valence-electron chi connectivity index (χ0n) is 6.25. The second-order valence-corrected chi connectivity index (χ2v) is 3.50. The predicted octanol–water partition coefficient (Wildman–Crippen LogP) is 0.423. The molecule has 1 heterocycles. The Balaban J connectivity index is 2.52. The molecule has 0 saturated heterocycles. The van der Waals surface area contributed by atoms with Crippen molar-refractivity contribution in [3.8, 4) is 0 Å². The van der Waals surface area contributed by atoms with Gasteiger partial charge in [-0.25, -0.2) is 5.84 Å². The van der Waals surface area contributed by atoms with E-state index in [1.54, 1.807) is 0 Å². The second-order valence-electron chi connectivity index (χ2n) is 2.83. The maximum absolute atomic E-state index is 5.74. The average Bonchev–Trinajstić information content (AvgIpc) is 2.33. The minimum atomic E-state index is 0.948. The van der Waals surface area contributed by atoms with Crippen LogP contribution in [0.3, 0.4) is 0 Å². The molecule has 0 aromatic heterocycles. The molecule has 2 nitrogen and oxygen atoms in total.